The van der Waals surface area contributed by atoms with Gasteiger partial charge in [-0.05, 0) is 43.5 Å². The molecule has 104 valence electrons. The van der Waals surface area contributed by atoms with Crippen LogP contribution >= 0.6 is 11.6 Å². The third-order valence-corrected chi connectivity index (χ3v) is 4.42. The Morgan fingerprint density at radius 2 is 1.90 bits per heavy atom. The number of halogens is 1. The molecule has 3 saturated carbocycles. The van der Waals surface area contributed by atoms with Gasteiger partial charge in [0.15, 0.2) is 6.61 Å². The summed E-state index contributed by atoms with van der Waals surface area (Å²) >= 11 is 5.81. The number of nitrogens with two attached hydrogens (primary N) is 1. The molecule has 3 aliphatic carbocycles. The summed E-state index contributed by atoms with van der Waals surface area (Å²) in [5.74, 6) is 1.92. The fourth-order valence-corrected chi connectivity index (χ4v) is 3.42. The third kappa shape index (κ3) is 1.81. The summed E-state index contributed by atoms with van der Waals surface area (Å²) in [5, 5.41) is 8.85. The first-order chi connectivity index (χ1) is 9.57. The van der Waals surface area contributed by atoms with Gasteiger partial charge in [-0.15, -0.1) is 10.2 Å². The summed E-state index contributed by atoms with van der Waals surface area (Å²) in [5.41, 5.74) is 6.13. The molecule has 20 heavy (non-hydrogen) atoms. The van der Waals surface area contributed by atoms with Crippen molar-refractivity contribution in [3.05, 3.63) is 41.1 Å². The topological polar surface area (TPSA) is 74.2 Å². The molecule has 1 aromatic carbocycles. The molecular formula is C14H14ClN3O2. The number of benzene rings is 1. The molecule has 1 heterocycles. The van der Waals surface area contributed by atoms with Crippen molar-refractivity contribution in [2.75, 3.05) is 0 Å². The van der Waals surface area contributed by atoms with Gasteiger partial charge in [0, 0.05) is 10.6 Å². The van der Waals surface area contributed by atoms with Gasteiger partial charge >= 0.3 is 0 Å². The van der Waals surface area contributed by atoms with E-state index in [0.717, 1.165) is 25.0 Å². The predicted molar refractivity (Wildman–Crippen MR) is 72.5 cm³/mol. The average Bonchev–Trinajstić information content (AvgIpc) is 2.82. The molecule has 0 aliphatic heterocycles. The smallest absolute Gasteiger partial charge is 0.253 e. The predicted octanol–water partition coefficient (Wildman–Crippen LogP) is 2.43. The van der Waals surface area contributed by atoms with Crippen LogP contribution in [0.2, 0.25) is 5.02 Å². The van der Waals surface area contributed by atoms with E-state index in [1.807, 2.05) is 0 Å². The third-order valence-electron chi connectivity index (χ3n) is 4.17. The van der Waals surface area contributed by atoms with Crippen molar-refractivity contribution < 1.29 is 9.15 Å². The van der Waals surface area contributed by atoms with Crippen LogP contribution < -0.4 is 10.5 Å². The fraction of sp³-hybridized carbons (Fsp3) is 0.429. The Balaban J connectivity index is 1.40. The second-order valence-corrected chi connectivity index (χ2v) is 6.35. The van der Waals surface area contributed by atoms with E-state index in [1.54, 1.807) is 24.3 Å². The summed E-state index contributed by atoms with van der Waals surface area (Å²) in [6, 6.07) is 7.16. The molecule has 0 amide bonds. The van der Waals surface area contributed by atoms with Crippen LogP contribution in [0, 0.1) is 0 Å². The molecule has 1 aromatic heterocycles. The molecule has 6 heteroatoms. The zero-order valence-corrected chi connectivity index (χ0v) is 11.6. The first kappa shape index (κ1) is 12.2. The first-order valence-corrected chi connectivity index (χ1v) is 6.95. The Morgan fingerprint density at radius 1 is 1.20 bits per heavy atom. The van der Waals surface area contributed by atoms with E-state index in [9.17, 15) is 0 Å². The van der Waals surface area contributed by atoms with Gasteiger partial charge in [0.05, 0.1) is 5.41 Å². The molecule has 2 N–H and O–H groups in total. The number of hydrogen-bond donors (Lipinski definition) is 1. The number of rotatable bonds is 4. The molecule has 0 radical (unpaired) electrons. The van der Waals surface area contributed by atoms with E-state index in [-0.39, 0.29) is 17.6 Å². The maximum absolute atomic E-state index is 6.04. The van der Waals surface area contributed by atoms with Crippen LogP contribution in [0.15, 0.2) is 28.7 Å². The minimum Gasteiger partial charge on any atom is -0.484 e. The minimum atomic E-state index is 0.0362. The summed E-state index contributed by atoms with van der Waals surface area (Å²) in [6.07, 6.45) is 2.87. The normalized spacial score (nSPS) is 30.5. The van der Waals surface area contributed by atoms with Gasteiger partial charge in [-0.3, -0.25) is 0 Å². The molecule has 2 bridgehead atoms. The Bertz CT molecular complexity index is 633. The average molecular weight is 292 g/mol. The number of nitrogens with zero attached hydrogens (tertiary/aromatic N) is 2. The highest BCUT2D eigenvalue weighted by Crippen LogP contribution is 2.66. The molecule has 0 saturated heterocycles. The van der Waals surface area contributed by atoms with Gasteiger partial charge in [0.1, 0.15) is 5.75 Å². The van der Waals surface area contributed by atoms with Crippen LogP contribution in [-0.2, 0) is 12.0 Å². The Kier molecular flexibility index (Phi) is 2.41. The lowest BCUT2D eigenvalue weighted by molar-refractivity contribution is -0.0774. The van der Waals surface area contributed by atoms with Crippen LogP contribution in [0.25, 0.3) is 0 Å². The maximum Gasteiger partial charge on any atom is 0.253 e. The molecule has 0 atom stereocenters. The molecule has 3 fully saturated rings. The lowest BCUT2D eigenvalue weighted by Crippen LogP contribution is -2.74. The minimum absolute atomic E-state index is 0.0362. The largest absolute Gasteiger partial charge is 0.484 e. The fourth-order valence-electron chi connectivity index (χ4n) is 3.30. The zero-order chi connectivity index (χ0) is 13.8. The van der Waals surface area contributed by atoms with Crippen molar-refractivity contribution >= 4 is 11.6 Å². The van der Waals surface area contributed by atoms with Crippen molar-refractivity contribution in [3.8, 4) is 5.75 Å². The number of hydrogen-bond acceptors (Lipinski definition) is 5. The summed E-state index contributed by atoms with van der Waals surface area (Å²) in [4.78, 5) is 0. The highest BCUT2D eigenvalue weighted by atomic mass is 35.5. The van der Waals surface area contributed by atoms with E-state index >= 15 is 0 Å². The van der Waals surface area contributed by atoms with Gasteiger partial charge in [-0.1, -0.05) is 11.6 Å². The van der Waals surface area contributed by atoms with Crippen LogP contribution in [0.5, 0.6) is 5.75 Å². The van der Waals surface area contributed by atoms with Crippen LogP contribution in [0.4, 0.5) is 0 Å². The summed E-state index contributed by atoms with van der Waals surface area (Å²) < 4.78 is 11.3. The van der Waals surface area contributed by atoms with Gasteiger partial charge in [0.2, 0.25) is 5.89 Å². The van der Waals surface area contributed by atoms with E-state index in [2.05, 4.69) is 10.2 Å². The SMILES string of the molecule is NC12CC(c3nnc(COc4ccc(Cl)cc4)o3)(C1)C2. The van der Waals surface area contributed by atoms with Crippen LogP contribution in [-0.4, -0.2) is 15.7 Å². The van der Waals surface area contributed by atoms with Gasteiger partial charge < -0.3 is 14.9 Å². The molecule has 0 unspecified atom stereocenters. The maximum atomic E-state index is 6.04. The van der Waals surface area contributed by atoms with Crippen LogP contribution in [0.3, 0.4) is 0 Å². The van der Waals surface area contributed by atoms with E-state index < -0.39 is 0 Å². The Hall–Kier alpha value is -1.59. The molecule has 5 nitrogen and oxygen atoms in total. The summed E-state index contributed by atoms with van der Waals surface area (Å²) in [7, 11) is 0. The second kappa shape index (κ2) is 3.96. The van der Waals surface area contributed by atoms with Crippen molar-refractivity contribution in [3.63, 3.8) is 0 Å². The highest BCUT2D eigenvalue weighted by molar-refractivity contribution is 6.30. The second-order valence-electron chi connectivity index (χ2n) is 5.92. The van der Waals surface area contributed by atoms with Crippen molar-refractivity contribution in [1.82, 2.24) is 10.2 Å². The van der Waals surface area contributed by atoms with E-state index in [4.69, 9.17) is 26.5 Å². The van der Waals surface area contributed by atoms with Crippen molar-refractivity contribution in [2.45, 2.75) is 36.8 Å². The zero-order valence-electron chi connectivity index (χ0n) is 10.8. The van der Waals surface area contributed by atoms with E-state index in [0.29, 0.717) is 16.8 Å². The van der Waals surface area contributed by atoms with Crippen molar-refractivity contribution in [1.29, 1.82) is 0 Å². The number of aromatic nitrogens is 2. The van der Waals surface area contributed by atoms with E-state index in [1.165, 1.54) is 0 Å². The van der Waals surface area contributed by atoms with Crippen molar-refractivity contribution in [2.24, 2.45) is 5.73 Å². The quantitative estimate of drug-likeness (QED) is 0.936. The first-order valence-electron chi connectivity index (χ1n) is 6.57. The lowest BCUT2D eigenvalue weighted by atomic mass is 9.40. The molecule has 0 spiro atoms. The van der Waals surface area contributed by atoms with Crippen LogP contribution in [0.1, 0.15) is 31.0 Å². The molecule has 5 rings (SSSR count). The number of ether oxygens (including phenoxy) is 1. The summed E-state index contributed by atoms with van der Waals surface area (Å²) in [6.45, 7) is 0.262. The molecular weight excluding hydrogens is 278 g/mol. The molecule has 3 aliphatic rings. The standard InChI is InChI=1S/C14H14ClN3O2/c15-9-1-3-10(4-2-9)19-5-11-17-18-12(20-11)13-6-14(16,7-13)8-13/h1-4H,5-8,16H2. The van der Waals surface area contributed by atoms with Gasteiger partial charge in [-0.25, -0.2) is 0 Å². The molecule has 2 aromatic rings. The Morgan fingerprint density at radius 3 is 2.55 bits per heavy atom. The van der Waals surface area contributed by atoms with Gasteiger partial charge in [0.25, 0.3) is 5.89 Å². The lowest BCUT2D eigenvalue weighted by Gasteiger charge is -2.66. The highest BCUT2D eigenvalue weighted by Gasteiger charge is 2.69. The monoisotopic (exact) mass is 291 g/mol. The Labute approximate surface area is 121 Å². The van der Waals surface area contributed by atoms with Gasteiger partial charge in [-0.2, -0.15) is 0 Å².